The van der Waals surface area contributed by atoms with Crippen LogP contribution >= 0.6 is 0 Å². The van der Waals surface area contributed by atoms with Crippen molar-refractivity contribution >= 4 is 11.6 Å². The van der Waals surface area contributed by atoms with Gasteiger partial charge in [-0.05, 0) is 30.0 Å². The van der Waals surface area contributed by atoms with Gasteiger partial charge >= 0.3 is 5.97 Å². The summed E-state index contributed by atoms with van der Waals surface area (Å²) in [4.78, 5) is 16.1. The van der Waals surface area contributed by atoms with Gasteiger partial charge in [0, 0.05) is 30.4 Å². The summed E-state index contributed by atoms with van der Waals surface area (Å²) in [6, 6.07) is 4.00. The highest BCUT2D eigenvalue weighted by molar-refractivity contribution is 5.75. The van der Waals surface area contributed by atoms with Crippen LogP contribution in [0.4, 0.5) is 0 Å². The van der Waals surface area contributed by atoms with E-state index in [9.17, 15) is 9.90 Å². The number of imidazole rings is 1. The van der Waals surface area contributed by atoms with Gasteiger partial charge in [0.05, 0.1) is 18.2 Å². The lowest BCUT2D eigenvalue weighted by Crippen LogP contribution is -2.40. The Kier molecular flexibility index (Phi) is 4.13. The Morgan fingerprint density at radius 2 is 2.12 bits per heavy atom. The summed E-state index contributed by atoms with van der Waals surface area (Å²) in [5.74, 6) is -0.746. The van der Waals surface area contributed by atoms with Crippen LogP contribution in [0.2, 0.25) is 0 Å². The Balaban J connectivity index is 1.91. The number of pyridine rings is 1. The van der Waals surface area contributed by atoms with Crippen molar-refractivity contribution in [2.75, 3.05) is 0 Å². The van der Waals surface area contributed by atoms with Gasteiger partial charge < -0.3 is 9.51 Å². The highest BCUT2D eigenvalue weighted by Gasteiger charge is 2.40. The quantitative estimate of drug-likeness (QED) is 0.754. The fourth-order valence-electron chi connectivity index (χ4n) is 3.15. The number of aliphatic carboxylic acids is 1. The first kappa shape index (κ1) is 16.2. The van der Waals surface area contributed by atoms with Crippen LogP contribution in [0.15, 0.2) is 43.1 Å². The summed E-state index contributed by atoms with van der Waals surface area (Å²) < 4.78 is 3.68. The van der Waals surface area contributed by atoms with E-state index in [0.29, 0.717) is 13.0 Å². The number of hydrogen-bond donors (Lipinski definition) is 1. The second kappa shape index (κ2) is 6.11. The molecule has 0 aliphatic heterocycles. The Hall–Kier alpha value is -2.63. The maximum atomic E-state index is 11.8. The number of aromatic nitrogens is 4. The summed E-state index contributed by atoms with van der Waals surface area (Å²) in [6.07, 6.45) is 9.86. The third-order valence-electron chi connectivity index (χ3n) is 4.97. The van der Waals surface area contributed by atoms with E-state index < -0.39 is 11.4 Å². The van der Waals surface area contributed by atoms with Crippen LogP contribution in [0.5, 0.6) is 0 Å². The van der Waals surface area contributed by atoms with E-state index in [2.05, 4.69) is 10.1 Å². The van der Waals surface area contributed by atoms with Gasteiger partial charge in [-0.15, -0.1) is 0 Å². The molecule has 1 N–H and O–H groups in total. The molecule has 0 saturated heterocycles. The van der Waals surface area contributed by atoms with Crippen molar-refractivity contribution in [1.82, 2.24) is 19.2 Å². The molecule has 0 bridgehead atoms. The lowest BCUT2D eigenvalue weighted by atomic mass is 9.75. The standard InChI is InChI=1S/C18H22N4O2/c1-4-18(13(2)3,17(23)24)12-22-11-15(10-20-22)14-5-7-21-8-6-19-16(21)9-14/h5-11,13H,4,12H2,1-3H3,(H,23,24). The van der Waals surface area contributed by atoms with E-state index in [1.165, 1.54) is 0 Å². The molecule has 1 unspecified atom stereocenters. The molecule has 24 heavy (non-hydrogen) atoms. The SMILES string of the molecule is CCC(Cn1cc(-c2ccn3ccnc3c2)cn1)(C(=O)O)C(C)C. The monoisotopic (exact) mass is 326 g/mol. The zero-order valence-corrected chi connectivity index (χ0v) is 14.2. The Labute approximate surface area is 140 Å². The van der Waals surface area contributed by atoms with E-state index in [-0.39, 0.29) is 5.92 Å². The zero-order valence-electron chi connectivity index (χ0n) is 14.2. The molecule has 0 aliphatic rings. The van der Waals surface area contributed by atoms with Crippen LogP contribution in [0.25, 0.3) is 16.8 Å². The van der Waals surface area contributed by atoms with Crippen LogP contribution in [-0.4, -0.2) is 30.2 Å². The van der Waals surface area contributed by atoms with E-state index in [1.54, 1.807) is 17.1 Å². The minimum atomic E-state index is -0.809. The van der Waals surface area contributed by atoms with Gasteiger partial charge in [-0.3, -0.25) is 9.48 Å². The summed E-state index contributed by atoms with van der Waals surface area (Å²) in [6.45, 7) is 6.19. The number of fused-ring (bicyclic) bond motifs is 1. The lowest BCUT2D eigenvalue weighted by molar-refractivity contribution is -0.153. The van der Waals surface area contributed by atoms with Crippen molar-refractivity contribution in [3.63, 3.8) is 0 Å². The van der Waals surface area contributed by atoms with Crippen LogP contribution in [0, 0.1) is 11.3 Å². The van der Waals surface area contributed by atoms with Gasteiger partial charge in [0.2, 0.25) is 0 Å². The Morgan fingerprint density at radius 3 is 2.79 bits per heavy atom. The van der Waals surface area contributed by atoms with E-state index in [0.717, 1.165) is 16.8 Å². The van der Waals surface area contributed by atoms with E-state index >= 15 is 0 Å². The third kappa shape index (κ3) is 2.68. The Morgan fingerprint density at radius 1 is 1.33 bits per heavy atom. The lowest BCUT2D eigenvalue weighted by Gasteiger charge is -2.32. The molecular weight excluding hydrogens is 304 g/mol. The zero-order chi connectivity index (χ0) is 17.3. The van der Waals surface area contributed by atoms with Crippen LogP contribution in [0.1, 0.15) is 27.2 Å². The molecule has 0 amide bonds. The molecule has 0 fully saturated rings. The number of rotatable bonds is 6. The fourth-order valence-corrected chi connectivity index (χ4v) is 3.15. The number of carbonyl (C=O) groups is 1. The van der Waals surface area contributed by atoms with Gasteiger partial charge in [-0.2, -0.15) is 5.10 Å². The fraction of sp³-hybridized carbons (Fsp3) is 0.389. The van der Waals surface area contributed by atoms with Crippen LogP contribution in [-0.2, 0) is 11.3 Å². The molecule has 0 saturated carbocycles. The van der Waals surface area contributed by atoms with Gasteiger partial charge in [-0.25, -0.2) is 4.98 Å². The highest BCUT2D eigenvalue weighted by atomic mass is 16.4. The molecule has 0 aliphatic carbocycles. The maximum Gasteiger partial charge on any atom is 0.311 e. The van der Waals surface area contributed by atoms with Gasteiger partial charge in [0.15, 0.2) is 0 Å². The van der Waals surface area contributed by atoms with E-state index in [1.807, 2.05) is 55.9 Å². The predicted molar refractivity (Wildman–Crippen MR) is 91.6 cm³/mol. The van der Waals surface area contributed by atoms with Gasteiger partial charge in [0.25, 0.3) is 0 Å². The molecular formula is C18H22N4O2. The minimum Gasteiger partial charge on any atom is -0.481 e. The van der Waals surface area contributed by atoms with Crippen molar-refractivity contribution in [3.05, 3.63) is 43.1 Å². The second-order valence-electron chi connectivity index (χ2n) is 6.50. The molecule has 3 rings (SSSR count). The second-order valence-corrected chi connectivity index (χ2v) is 6.50. The molecule has 3 aromatic heterocycles. The van der Waals surface area contributed by atoms with Crippen molar-refractivity contribution in [3.8, 4) is 11.1 Å². The first-order chi connectivity index (χ1) is 11.5. The van der Waals surface area contributed by atoms with Gasteiger partial charge in [-0.1, -0.05) is 20.8 Å². The molecule has 6 nitrogen and oxygen atoms in total. The largest absolute Gasteiger partial charge is 0.481 e. The first-order valence-electron chi connectivity index (χ1n) is 8.15. The highest BCUT2D eigenvalue weighted by Crippen LogP contribution is 2.34. The summed E-state index contributed by atoms with van der Waals surface area (Å²) in [5.41, 5.74) is 2.04. The normalized spacial score (nSPS) is 14.2. The summed E-state index contributed by atoms with van der Waals surface area (Å²) in [5, 5.41) is 14.1. The molecule has 3 heterocycles. The first-order valence-corrected chi connectivity index (χ1v) is 8.15. The van der Waals surface area contributed by atoms with Crippen molar-refractivity contribution < 1.29 is 9.90 Å². The number of carboxylic acid groups (broad SMARTS) is 1. The molecule has 6 heteroatoms. The third-order valence-corrected chi connectivity index (χ3v) is 4.97. The molecule has 1 atom stereocenters. The number of hydrogen-bond acceptors (Lipinski definition) is 3. The average Bonchev–Trinajstić information content (AvgIpc) is 3.20. The smallest absolute Gasteiger partial charge is 0.311 e. The average molecular weight is 326 g/mol. The topological polar surface area (TPSA) is 72.4 Å². The predicted octanol–water partition coefficient (Wildman–Crippen LogP) is 3.33. The minimum absolute atomic E-state index is 0.0221. The molecule has 3 aromatic rings. The number of carboxylic acids is 1. The van der Waals surface area contributed by atoms with Gasteiger partial charge in [0.1, 0.15) is 5.65 Å². The molecule has 126 valence electrons. The summed E-state index contributed by atoms with van der Waals surface area (Å²) in [7, 11) is 0. The van der Waals surface area contributed by atoms with Crippen LogP contribution in [0.3, 0.4) is 0 Å². The number of nitrogens with zero attached hydrogens (tertiary/aromatic N) is 4. The maximum absolute atomic E-state index is 11.8. The Bertz CT molecular complexity index is 865. The van der Waals surface area contributed by atoms with Crippen LogP contribution < -0.4 is 0 Å². The van der Waals surface area contributed by atoms with Crippen molar-refractivity contribution in [2.45, 2.75) is 33.7 Å². The molecule has 0 spiro atoms. The summed E-state index contributed by atoms with van der Waals surface area (Å²) >= 11 is 0. The van der Waals surface area contributed by atoms with E-state index in [4.69, 9.17) is 0 Å². The van der Waals surface area contributed by atoms with Crippen molar-refractivity contribution in [2.24, 2.45) is 11.3 Å². The molecule has 0 aromatic carbocycles. The molecule has 0 radical (unpaired) electrons. The van der Waals surface area contributed by atoms with Crippen molar-refractivity contribution in [1.29, 1.82) is 0 Å².